The Hall–Kier alpha value is -1.71. The lowest BCUT2D eigenvalue weighted by atomic mass is 10.1. The first-order valence-electron chi connectivity index (χ1n) is 5.33. The van der Waals surface area contributed by atoms with E-state index in [1.807, 2.05) is 36.4 Å². The topological polar surface area (TPSA) is 37.3 Å². The van der Waals surface area contributed by atoms with Crippen molar-refractivity contribution < 1.29 is 9.90 Å². The first kappa shape index (κ1) is 10.4. The minimum atomic E-state index is 0.0423. The standard InChI is InChI=1S/C14H10O2S/c15-7-9-1-3-13-11(5-9)12-6-10(8-16)2-4-14(12)17-13/h1-7,16H,8H2. The number of hydrogen-bond donors (Lipinski definition) is 1. The van der Waals surface area contributed by atoms with E-state index < -0.39 is 0 Å². The fourth-order valence-corrected chi connectivity index (χ4v) is 3.08. The van der Waals surface area contributed by atoms with Crippen LogP contribution in [0.2, 0.25) is 0 Å². The Morgan fingerprint density at radius 1 is 1.06 bits per heavy atom. The van der Waals surface area contributed by atoms with Gasteiger partial charge in [0.2, 0.25) is 0 Å². The number of aliphatic hydroxyl groups is 1. The lowest BCUT2D eigenvalue weighted by Gasteiger charge is -1.97. The molecule has 0 amide bonds. The molecule has 0 radical (unpaired) electrons. The van der Waals surface area contributed by atoms with Gasteiger partial charge in [-0.1, -0.05) is 12.1 Å². The Kier molecular flexibility index (Phi) is 2.42. The summed E-state index contributed by atoms with van der Waals surface area (Å²) in [6, 6.07) is 11.6. The third kappa shape index (κ3) is 1.64. The zero-order valence-electron chi connectivity index (χ0n) is 9.01. The third-order valence-corrected chi connectivity index (χ3v) is 4.03. The summed E-state index contributed by atoms with van der Waals surface area (Å²) >= 11 is 1.70. The molecule has 1 heterocycles. The molecule has 0 aliphatic heterocycles. The molecule has 2 aromatic carbocycles. The van der Waals surface area contributed by atoms with Crippen molar-refractivity contribution in [1.29, 1.82) is 0 Å². The number of benzene rings is 2. The summed E-state index contributed by atoms with van der Waals surface area (Å²) in [4.78, 5) is 10.8. The van der Waals surface area contributed by atoms with Crippen LogP contribution in [-0.4, -0.2) is 11.4 Å². The number of thiophene rings is 1. The molecule has 0 aliphatic carbocycles. The molecule has 0 unspecified atom stereocenters. The largest absolute Gasteiger partial charge is 0.392 e. The van der Waals surface area contributed by atoms with Crippen molar-refractivity contribution in [2.24, 2.45) is 0 Å². The number of rotatable bonds is 2. The maximum atomic E-state index is 10.8. The average Bonchev–Trinajstić information content (AvgIpc) is 2.75. The van der Waals surface area contributed by atoms with Crippen LogP contribution in [0, 0.1) is 0 Å². The highest BCUT2D eigenvalue weighted by Crippen LogP contribution is 2.34. The molecule has 0 spiro atoms. The van der Waals surface area contributed by atoms with Gasteiger partial charge in [0.15, 0.2) is 0 Å². The van der Waals surface area contributed by atoms with Gasteiger partial charge in [0.1, 0.15) is 6.29 Å². The van der Waals surface area contributed by atoms with Crippen LogP contribution in [0.4, 0.5) is 0 Å². The van der Waals surface area contributed by atoms with Gasteiger partial charge >= 0.3 is 0 Å². The molecular weight excluding hydrogens is 232 g/mol. The van der Waals surface area contributed by atoms with Gasteiger partial charge in [0.05, 0.1) is 6.61 Å². The van der Waals surface area contributed by atoms with Crippen molar-refractivity contribution >= 4 is 37.8 Å². The van der Waals surface area contributed by atoms with Crippen LogP contribution in [0.5, 0.6) is 0 Å². The predicted molar refractivity (Wildman–Crippen MR) is 70.6 cm³/mol. The van der Waals surface area contributed by atoms with E-state index in [4.69, 9.17) is 5.11 Å². The first-order chi connectivity index (χ1) is 8.31. The molecule has 3 aromatic rings. The van der Waals surface area contributed by atoms with E-state index in [0.717, 1.165) is 22.6 Å². The summed E-state index contributed by atoms with van der Waals surface area (Å²) in [6.45, 7) is 0.0423. The van der Waals surface area contributed by atoms with E-state index in [2.05, 4.69) is 0 Å². The molecule has 0 fully saturated rings. The van der Waals surface area contributed by atoms with Crippen LogP contribution >= 0.6 is 11.3 Å². The van der Waals surface area contributed by atoms with Gasteiger partial charge in [-0.15, -0.1) is 11.3 Å². The summed E-state index contributed by atoms with van der Waals surface area (Å²) in [5, 5.41) is 11.4. The highest BCUT2D eigenvalue weighted by atomic mass is 32.1. The average molecular weight is 242 g/mol. The van der Waals surface area contributed by atoms with Crippen molar-refractivity contribution in [1.82, 2.24) is 0 Å². The van der Waals surface area contributed by atoms with Crippen molar-refractivity contribution in [3.8, 4) is 0 Å². The van der Waals surface area contributed by atoms with Gasteiger partial charge < -0.3 is 5.11 Å². The quantitative estimate of drug-likeness (QED) is 0.700. The van der Waals surface area contributed by atoms with E-state index in [1.54, 1.807) is 11.3 Å². The fraction of sp³-hybridized carbons (Fsp3) is 0.0714. The number of carbonyl (C=O) groups is 1. The molecule has 0 bridgehead atoms. The van der Waals surface area contributed by atoms with E-state index in [-0.39, 0.29) is 6.61 Å². The van der Waals surface area contributed by atoms with E-state index in [9.17, 15) is 4.79 Å². The minimum Gasteiger partial charge on any atom is -0.392 e. The molecular formula is C14H10O2S. The molecule has 3 heteroatoms. The van der Waals surface area contributed by atoms with E-state index in [1.165, 1.54) is 9.40 Å². The molecule has 17 heavy (non-hydrogen) atoms. The van der Waals surface area contributed by atoms with Gasteiger partial charge in [-0.05, 0) is 29.8 Å². The Balaban J connectivity index is 2.41. The lowest BCUT2D eigenvalue weighted by Crippen LogP contribution is -1.81. The molecule has 1 aromatic heterocycles. The number of carbonyl (C=O) groups excluding carboxylic acids is 1. The SMILES string of the molecule is O=Cc1ccc2sc3ccc(CO)cc3c2c1. The maximum absolute atomic E-state index is 10.8. The minimum absolute atomic E-state index is 0.0423. The second-order valence-electron chi connectivity index (χ2n) is 3.96. The molecule has 0 aliphatic rings. The fourth-order valence-electron chi connectivity index (χ4n) is 2.01. The monoisotopic (exact) mass is 242 g/mol. The second-order valence-corrected chi connectivity index (χ2v) is 5.05. The van der Waals surface area contributed by atoms with Gasteiger partial charge in [0, 0.05) is 25.7 Å². The predicted octanol–water partition coefficient (Wildman–Crippen LogP) is 3.36. The molecule has 84 valence electrons. The molecule has 0 atom stereocenters. The normalized spacial score (nSPS) is 11.1. The number of hydrogen-bond acceptors (Lipinski definition) is 3. The Labute approximate surface area is 102 Å². The van der Waals surface area contributed by atoms with Gasteiger partial charge in [-0.25, -0.2) is 0 Å². The summed E-state index contributed by atoms with van der Waals surface area (Å²) in [6.07, 6.45) is 0.860. The van der Waals surface area contributed by atoms with E-state index in [0.29, 0.717) is 5.56 Å². The van der Waals surface area contributed by atoms with Crippen molar-refractivity contribution in [3.63, 3.8) is 0 Å². The molecule has 0 saturated carbocycles. The molecule has 2 nitrogen and oxygen atoms in total. The van der Waals surface area contributed by atoms with Crippen molar-refractivity contribution in [3.05, 3.63) is 47.5 Å². The Morgan fingerprint density at radius 3 is 2.47 bits per heavy atom. The Morgan fingerprint density at radius 2 is 1.76 bits per heavy atom. The highest BCUT2D eigenvalue weighted by Gasteiger charge is 2.06. The second kappa shape index (κ2) is 3.95. The van der Waals surface area contributed by atoms with E-state index >= 15 is 0 Å². The highest BCUT2D eigenvalue weighted by molar-refractivity contribution is 7.25. The van der Waals surface area contributed by atoms with Crippen LogP contribution < -0.4 is 0 Å². The summed E-state index contributed by atoms with van der Waals surface area (Å²) < 4.78 is 2.35. The van der Waals surface area contributed by atoms with Gasteiger partial charge in [0.25, 0.3) is 0 Å². The Bertz CT molecular complexity index is 713. The summed E-state index contributed by atoms with van der Waals surface area (Å²) in [5.41, 5.74) is 1.58. The van der Waals surface area contributed by atoms with Crippen LogP contribution in [0.1, 0.15) is 15.9 Å². The summed E-state index contributed by atoms with van der Waals surface area (Å²) in [7, 11) is 0. The third-order valence-electron chi connectivity index (χ3n) is 2.88. The molecule has 0 saturated heterocycles. The maximum Gasteiger partial charge on any atom is 0.150 e. The number of aldehydes is 1. The van der Waals surface area contributed by atoms with Gasteiger partial charge in [-0.3, -0.25) is 4.79 Å². The number of aliphatic hydroxyl groups excluding tert-OH is 1. The first-order valence-corrected chi connectivity index (χ1v) is 6.14. The lowest BCUT2D eigenvalue weighted by molar-refractivity contribution is 0.112. The molecule has 1 N–H and O–H groups in total. The van der Waals surface area contributed by atoms with Crippen LogP contribution in [0.3, 0.4) is 0 Å². The zero-order valence-corrected chi connectivity index (χ0v) is 9.83. The smallest absolute Gasteiger partial charge is 0.150 e. The zero-order chi connectivity index (χ0) is 11.8. The summed E-state index contributed by atoms with van der Waals surface area (Å²) in [5.74, 6) is 0. The van der Waals surface area contributed by atoms with Gasteiger partial charge in [-0.2, -0.15) is 0 Å². The van der Waals surface area contributed by atoms with Crippen LogP contribution in [0.15, 0.2) is 36.4 Å². The van der Waals surface area contributed by atoms with Crippen molar-refractivity contribution in [2.75, 3.05) is 0 Å². The number of fused-ring (bicyclic) bond motifs is 3. The van der Waals surface area contributed by atoms with Crippen LogP contribution in [-0.2, 0) is 6.61 Å². The molecule has 3 rings (SSSR count). The van der Waals surface area contributed by atoms with Crippen LogP contribution in [0.25, 0.3) is 20.2 Å². The van der Waals surface area contributed by atoms with Crippen molar-refractivity contribution in [2.45, 2.75) is 6.61 Å².